The predicted molar refractivity (Wildman–Crippen MR) is 71.9 cm³/mol. The Kier molecular flexibility index (Phi) is 13.4. The Bertz CT molecular complexity index is 235. The lowest BCUT2D eigenvalue weighted by atomic mass is 10.4. The van der Waals surface area contributed by atoms with E-state index in [1.807, 2.05) is 0 Å². The Morgan fingerprint density at radius 2 is 1.78 bits per heavy atom. The number of amides is 1. The van der Waals surface area contributed by atoms with Gasteiger partial charge in [-0.25, -0.2) is 0 Å². The molecule has 0 saturated heterocycles. The zero-order chi connectivity index (χ0) is 14.4. The molecule has 0 aliphatic carbocycles. The number of rotatable bonds is 8. The third kappa shape index (κ3) is 9.08. The number of carbonyl (C=O) groups excluding carboxylic acids is 1. The van der Waals surface area contributed by atoms with Gasteiger partial charge in [-0.3, -0.25) is 4.79 Å². The van der Waals surface area contributed by atoms with Crippen LogP contribution in [0.2, 0.25) is 0 Å². The zero-order valence-corrected chi connectivity index (χ0v) is 12.3. The molecule has 0 atom stereocenters. The first kappa shape index (κ1) is 19.3. The van der Waals surface area contributed by atoms with Crippen LogP contribution in [0.25, 0.3) is 0 Å². The van der Waals surface area contributed by atoms with E-state index in [9.17, 15) is 4.79 Å². The molecule has 0 bridgehead atoms. The molecule has 0 spiro atoms. The molecule has 0 radical (unpaired) electrons. The zero-order valence-electron chi connectivity index (χ0n) is 11.3. The second-order valence-electron chi connectivity index (χ2n) is 2.99. The van der Waals surface area contributed by atoms with E-state index in [-0.39, 0.29) is 12.5 Å². The normalized spacial score (nSPS) is 10.0. The molecule has 0 aromatic heterocycles. The smallest absolute Gasteiger partial charge is 0.396 e. The minimum absolute atomic E-state index is 0.109. The highest BCUT2D eigenvalue weighted by atomic mass is 28.4. The third-order valence-electron chi connectivity index (χ3n) is 1.92. The summed E-state index contributed by atoms with van der Waals surface area (Å²) in [5, 5.41) is 10.8. The Morgan fingerprint density at radius 1 is 1.28 bits per heavy atom. The van der Waals surface area contributed by atoms with Crippen molar-refractivity contribution >= 4 is 14.7 Å². The summed E-state index contributed by atoms with van der Waals surface area (Å²) in [6, 6.07) is 0. The van der Waals surface area contributed by atoms with Gasteiger partial charge >= 0.3 is 8.80 Å². The van der Waals surface area contributed by atoms with Gasteiger partial charge in [0, 0.05) is 34.5 Å². The van der Waals surface area contributed by atoms with E-state index < -0.39 is 8.80 Å². The lowest BCUT2D eigenvalue weighted by Crippen LogP contribution is -2.40. The number of hydrogen-bond acceptors (Lipinski definition) is 5. The maximum Gasteiger partial charge on any atom is 0.528 e. The first-order valence-corrected chi connectivity index (χ1v) is 7.16. The molecule has 0 aromatic carbocycles. The number of nitrogens with one attached hydrogen (secondary N) is 1. The van der Waals surface area contributed by atoms with Gasteiger partial charge in [0.25, 0.3) is 0 Å². The molecule has 0 fully saturated rings. The molecule has 7 heteroatoms. The quantitative estimate of drug-likeness (QED) is 0.378. The summed E-state index contributed by atoms with van der Waals surface area (Å²) in [4.78, 5) is 10.4. The molecule has 106 valence electrons. The van der Waals surface area contributed by atoms with Crippen LogP contribution in [0.5, 0.6) is 0 Å². The van der Waals surface area contributed by atoms with Gasteiger partial charge < -0.3 is 23.7 Å². The standard InChI is InChI=1S/C6H11NO2.C5H12O3Si/c1-2-6(9)7-4-3-5-8;1-5-9(6-2,7-3)8-4/h2,8H,1,3-5H2,(H,7,9);5H,1H2,2-4H3. The van der Waals surface area contributed by atoms with Gasteiger partial charge in [0.2, 0.25) is 5.91 Å². The minimum Gasteiger partial charge on any atom is -0.396 e. The van der Waals surface area contributed by atoms with Gasteiger partial charge in [-0.15, -0.1) is 0 Å². The molecule has 0 heterocycles. The summed E-state index contributed by atoms with van der Waals surface area (Å²) in [5.74, 6) is -0.191. The van der Waals surface area contributed by atoms with E-state index in [1.54, 1.807) is 27.0 Å². The van der Waals surface area contributed by atoms with Crippen molar-refractivity contribution in [3.8, 4) is 0 Å². The molecular weight excluding hydrogens is 254 g/mol. The van der Waals surface area contributed by atoms with Crippen LogP contribution in [-0.4, -0.2) is 54.3 Å². The minimum atomic E-state index is -2.43. The number of carbonyl (C=O) groups is 1. The fourth-order valence-electron chi connectivity index (χ4n) is 0.863. The van der Waals surface area contributed by atoms with Crippen LogP contribution in [0.15, 0.2) is 24.9 Å². The third-order valence-corrected chi connectivity index (χ3v) is 4.13. The van der Waals surface area contributed by atoms with Gasteiger partial charge in [-0.1, -0.05) is 13.2 Å². The van der Waals surface area contributed by atoms with Gasteiger partial charge in [0.05, 0.1) is 0 Å². The Labute approximate surface area is 110 Å². The maximum absolute atomic E-state index is 10.4. The molecule has 18 heavy (non-hydrogen) atoms. The van der Waals surface area contributed by atoms with Crippen molar-refractivity contribution in [2.24, 2.45) is 0 Å². The van der Waals surface area contributed by atoms with Crippen LogP contribution >= 0.6 is 0 Å². The van der Waals surface area contributed by atoms with Crippen molar-refractivity contribution in [1.82, 2.24) is 5.32 Å². The SMILES string of the molecule is C=CC(=O)NCCCO.C=C[Si](OC)(OC)OC. The first-order chi connectivity index (χ1) is 8.55. The molecule has 0 aliphatic heterocycles. The fourth-order valence-corrected chi connectivity index (χ4v) is 1.86. The van der Waals surface area contributed by atoms with Crippen LogP contribution in [0, 0.1) is 0 Å². The molecule has 0 aliphatic rings. The van der Waals surface area contributed by atoms with Gasteiger partial charge in [0.15, 0.2) is 0 Å². The molecule has 1 amide bonds. The van der Waals surface area contributed by atoms with E-state index in [1.165, 1.54) is 6.08 Å². The molecule has 0 saturated carbocycles. The van der Waals surface area contributed by atoms with Crippen molar-refractivity contribution in [2.45, 2.75) is 6.42 Å². The van der Waals surface area contributed by atoms with E-state index in [0.29, 0.717) is 13.0 Å². The molecule has 6 nitrogen and oxygen atoms in total. The Balaban J connectivity index is 0. The van der Waals surface area contributed by atoms with Crippen molar-refractivity contribution in [3.05, 3.63) is 24.9 Å². The van der Waals surface area contributed by atoms with Crippen molar-refractivity contribution in [3.63, 3.8) is 0 Å². The molecular formula is C11H23NO5Si. The van der Waals surface area contributed by atoms with Crippen LogP contribution in [0.4, 0.5) is 0 Å². The van der Waals surface area contributed by atoms with Gasteiger partial charge in [-0.05, 0) is 18.2 Å². The molecule has 0 unspecified atom stereocenters. The summed E-state index contributed by atoms with van der Waals surface area (Å²) in [5.41, 5.74) is 1.58. The Hall–Kier alpha value is -0.993. The van der Waals surface area contributed by atoms with Crippen LogP contribution in [0.1, 0.15) is 6.42 Å². The molecule has 0 aromatic rings. The van der Waals surface area contributed by atoms with E-state index in [2.05, 4.69) is 18.5 Å². The highest BCUT2D eigenvalue weighted by Crippen LogP contribution is 2.04. The number of hydrogen-bond donors (Lipinski definition) is 2. The summed E-state index contributed by atoms with van der Waals surface area (Å²) < 4.78 is 14.9. The summed E-state index contributed by atoms with van der Waals surface area (Å²) >= 11 is 0. The lowest BCUT2D eigenvalue weighted by molar-refractivity contribution is -0.116. The lowest BCUT2D eigenvalue weighted by Gasteiger charge is -2.19. The average molecular weight is 277 g/mol. The van der Waals surface area contributed by atoms with Crippen LogP contribution < -0.4 is 5.32 Å². The molecule has 0 rings (SSSR count). The maximum atomic E-state index is 10.4. The van der Waals surface area contributed by atoms with Crippen molar-refractivity contribution in [1.29, 1.82) is 0 Å². The average Bonchev–Trinajstić information content (AvgIpc) is 2.43. The van der Waals surface area contributed by atoms with Gasteiger partial charge in [0.1, 0.15) is 0 Å². The summed E-state index contributed by atoms with van der Waals surface area (Å²) in [6.45, 7) is 7.42. The second-order valence-corrected chi connectivity index (χ2v) is 5.83. The number of aliphatic hydroxyl groups excluding tert-OH is 1. The number of aliphatic hydroxyl groups is 1. The largest absolute Gasteiger partial charge is 0.528 e. The molecule has 2 N–H and O–H groups in total. The van der Waals surface area contributed by atoms with Crippen molar-refractivity contribution in [2.75, 3.05) is 34.5 Å². The fraction of sp³-hybridized carbons (Fsp3) is 0.545. The topological polar surface area (TPSA) is 77.0 Å². The van der Waals surface area contributed by atoms with E-state index in [0.717, 1.165) is 0 Å². The van der Waals surface area contributed by atoms with Crippen LogP contribution in [0.3, 0.4) is 0 Å². The van der Waals surface area contributed by atoms with Crippen LogP contribution in [-0.2, 0) is 18.1 Å². The van der Waals surface area contributed by atoms with Crippen molar-refractivity contribution < 1.29 is 23.2 Å². The predicted octanol–water partition coefficient (Wildman–Crippen LogP) is 0.261. The highest BCUT2D eigenvalue weighted by molar-refractivity contribution is 6.66. The van der Waals surface area contributed by atoms with E-state index in [4.69, 9.17) is 18.4 Å². The Morgan fingerprint density at radius 3 is 2.00 bits per heavy atom. The monoisotopic (exact) mass is 277 g/mol. The summed E-state index contributed by atoms with van der Waals surface area (Å²) in [6.07, 6.45) is 1.80. The first-order valence-electron chi connectivity index (χ1n) is 5.35. The highest BCUT2D eigenvalue weighted by Gasteiger charge is 2.33. The van der Waals surface area contributed by atoms with Gasteiger partial charge in [-0.2, -0.15) is 0 Å². The summed E-state index contributed by atoms with van der Waals surface area (Å²) in [7, 11) is 2.20. The second kappa shape index (κ2) is 12.5. The van der Waals surface area contributed by atoms with E-state index >= 15 is 0 Å².